The van der Waals surface area contributed by atoms with Crippen molar-refractivity contribution in [1.29, 1.82) is 0 Å². The second kappa shape index (κ2) is 5.16. The van der Waals surface area contributed by atoms with Crippen LogP contribution in [0, 0.1) is 5.92 Å². The number of rotatable bonds is 3. The fourth-order valence-corrected chi connectivity index (χ4v) is 3.29. The average Bonchev–Trinajstić information content (AvgIpc) is 2.37. The first kappa shape index (κ1) is 13.8. The zero-order valence-electron chi connectivity index (χ0n) is 11.8. The van der Waals surface area contributed by atoms with E-state index in [0.29, 0.717) is 5.92 Å². The van der Waals surface area contributed by atoms with Crippen molar-refractivity contribution in [3.8, 4) is 0 Å². The fraction of sp³-hybridized carbons (Fsp3) is 0.562. The Labute approximate surface area is 119 Å². The second-order valence-electron chi connectivity index (χ2n) is 5.53. The van der Waals surface area contributed by atoms with Crippen molar-refractivity contribution in [2.24, 2.45) is 10.9 Å². The Balaban J connectivity index is 2.63. The molecule has 1 aliphatic heterocycles. The van der Waals surface area contributed by atoms with Crippen molar-refractivity contribution in [3.05, 3.63) is 33.8 Å². The van der Waals surface area contributed by atoms with E-state index in [9.17, 15) is 0 Å². The van der Waals surface area contributed by atoms with Crippen LogP contribution in [0.1, 0.15) is 51.7 Å². The minimum absolute atomic E-state index is 0.234. The van der Waals surface area contributed by atoms with E-state index in [-0.39, 0.29) is 5.41 Å². The molecule has 18 heavy (non-hydrogen) atoms. The standard InChI is InChI=1S/C16H22BrN/c1-5-16(6-2)10-18-15(11(3)4)13-8-7-12(17)9-14(13)16/h7-9,11H,5-6,10H2,1-4H3. The molecule has 0 saturated carbocycles. The minimum Gasteiger partial charge on any atom is -0.288 e. The van der Waals surface area contributed by atoms with Gasteiger partial charge in [0.25, 0.3) is 0 Å². The third kappa shape index (κ3) is 2.16. The summed E-state index contributed by atoms with van der Waals surface area (Å²) >= 11 is 3.62. The van der Waals surface area contributed by atoms with Crippen molar-refractivity contribution < 1.29 is 0 Å². The van der Waals surface area contributed by atoms with Crippen LogP contribution in [0.3, 0.4) is 0 Å². The van der Waals surface area contributed by atoms with Gasteiger partial charge >= 0.3 is 0 Å². The highest BCUT2D eigenvalue weighted by Gasteiger charge is 2.35. The lowest BCUT2D eigenvalue weighted by Crippen LogP contribution is -2.35. The quantitative estimate of drug-likeness (QED) is 0.748. The molecule has 2 heteroatoms. The Morgan fingerprint density at radius 1 is 1.28 bits per heavy atom. The lowest BCUT2D eigenvalue weighted by Gasteiger charge is -2.37. The summed E-state index contributed by atoms with van der Waals surface area (Å²) in [5.74, 6) is 0.497. The molecule has 0 saturated heterocycles. The topological polar surface area (TPSA) is 12.4 Å². The summed E-state index contributed by atoms with van der Waals surface area (Å²) in [5, 5.41) is 0. The second-order valence-corrected chi connectivity index (χ2v) is 6.45. The smallest absolute Gasteiger partial charge is 0.0489 e. The third-order valence-corrected chi connectivity index (χ3v) is 4.77. The molecule has 1 nitrogen and oxygen atoms in total. The molecule has 0 spiro atoms. The van der Waals surface area contributed by atoms with E-state index >= 15 is 0 Å². The van der Waals surface area contributed by atoms with Crippen molar-refractivity contribution in [1.82, 2.24) is 0 Å². The number of aliphatic imine (C=N–C) groups is 1. The van der Waals surface area contributed by atoms with Gasteiger partial charge < -0.3 is 0 Å². The van der Waals surface area contributed by atoms with Crippen LogP contribution in [-0.2, 0) is 5.41 Å². The summed E-state index contributed by atoms with van der Waals surface area (Å²) in [6.45, 7) is 9.97. The van der Waals surface area contributed by atoms with Gasteiger partial charge in [0.2, 0.25) is 0 Å². The lowest BCUT2D eigenvalue weighted by molar-refractivity contribution is 0.401. The first-order valence-electron chi connectivity index (χ1n) is 6.89. The molecule has 1 aromatic carbocycles. The predicted octanol–water partition coefficient (Wildman–Crippen LogP) is 4.97. The molecule has 1 aliphatic rings. The van der Waals surface area contributed by atoms with Gasteiger partial charge in [0, 0.05) is 22.1 Å². The minimum atomic E-state index is 0.234. The zero-order valence-corrected chi connectivity index (χ0v) is 13.3. The van der Waals surface area contributed by atoms with Crippen molar-refractivity contribution in [3.63, 3.8) is 0 Å². The van der Waals surface area contributed by atoms with E-state index in [0.717, 1.165) is 19.4 Å². The summed E-state index contributed by atoms with van der Waals surface area (Å²) in [5.41, 5.74) is 4.36. The summed E-state index contributed by atoms with van der Waals surface area (Å²) in [6.07, 6.45) is 2.31. The Morgan fingerprint density at radius 3 is 2.50 bits per heavy atom. The van der Waals surface area contributed by atoms with Gasteiger partial charge in [-0.25, -0.2) is 0 Å². The molecule has 1 aromatic rings. The van der Waals surface area contributed by atoms with Crippen LogP contribution in [0.5, 0.6) is 0 Å². The maximum Gasteiger partial charge on any atom is 0.0489 e. The molecule has 0 amide bonds. The van der Waals surface area contributed by atoms with Gasteiger partial charge in [0.05, 0.1) is 0 Å². The van der Waals surface area contributed by atoms with Crippen LogP contribution in [0.15, 0.2) is 27.7 Å². The van der Waals surface area contributed by atoms with Crippen molar-refractivity contribution in [2.75, 3.05) is 6.54 Å². The number of fused-ring (bicyclic) bond motifs is 1. The van der Waals surface area contributed by atoms with Gasteiger partial charge in [0.15, 0.2) is 0 Å². The summed E-state index contributed by atoms with van der Waals surface area (Å²) in [6, 6.07) is 6.68. The van der Waals surface area contributed by atoms with Gasteiger partial charge in [0.1, 0.15) is 0 Å². The zero-order chi connectivity index (χ0) is 13.3. The maximum atomic E-state index is 4.90. The SMILES string of the molecule is CCC1(CC)CN=C(C(C)C)c2ccc(Br)cc21. The van der Waals surface area contributed by atoms with E-state index in [1.807, 2.05) is 0 Å². The highest BCUT2D eigenvalue weighted by Crippen LogP contribution is 2.39. The third-order valence-electron chi connectivity index (χ3n) is 4.28. The first-order chi connectivity index (χ1) is 8.54. The highest BCUT2D eigenvalue weighted by molar-refractivity contribution is 9.10. The van der Waals surface area contributed by atoms with E-state index in [4.69, 9.17) is 4.99 Å². The number of halogens is 1. The van der Waals surface area contributed by atoms with Crippen molar-refractivity contribution >= 4 is 21.6 Å². The Morgan fingerprint density at radius 2 is 1.94 bits per heavy atom. The van der Waals surface area contributed by atoms with Crippen LogP contribution in [0.2, 0.25) is 0 Å². The maximum absolute atomic E-state index is 4.90. The number of hydrogen-bond donors (Lipinski definition) is 0. The van der Waals surface area contributed by atoms with Gasteiger partial charge in [-0.15, -0.1) is 0 Å². The molecule has 0 N–H and O–H groups in total. The Bertz CT molecular complexity index is 470. The number of hydrogen-bond acceptors (Lipinski definition) is 1. The summed E-state index contributed by atoms with van der Waals surface area (Å²) in [7, 11) is 0. The van der Waals surface area contributed by atoms with Gasteiger partial charge in [-0.2, -0.15) is 0 Å². The fourth-order valence-electron chi connectivity index (χ4n) is 2.93. The largest absolute Gasteiger partial charge is 0.288 e. The molecule has 0 atom stereocenters. The first-order valence-corrected chi connectivity index (χ1v) is 7.68. The monoisotopic (exact) mass is 307 g/mol. The molecule has 0 aromatic heterocycles. The molecule has 0 radical (unpaired) electrons. The van der Waals surface area contributed by atoms with Crippen LogP contribution in [-0.4, -0.2) is 12.3 Å². The Hall–Kier alpha value is -0.630. The predicted molar refractivity (Wildman–Crippen MR) is 82.6 cm³/mol. The van der Waals surface area contributed by atoms with E-state index in [1.54, 1.807) is 0 Å². The molecule has 1 heterocycles. The number of benzene rings is 1. The van der Waals surface area contributed by atoms with Crippen LogP contribution in [0.4, 0.5) is 0 Å². The highest BCUT2D eigenvalue weighted by atomic mass is 79.9. The van der Waals surface area contributed by atoms with Crippen LogP contribution in [0.25, 0.3) is 0 Å². The normalized spacial score (nSPS) is 17.6. The van der Waals surface area contributed by atoms with Crippen molar-refractivity contribution in [2.45, 2.75) is 46.0 Å². The van der Waals surface area contributed by atoms with E-state index < -0.39 is 0 Å². The molecular formula is C16H22BrN. The molecule has 0 bridgehead atoms. The van der Waals surface area contributed by atoms with Gasteiger partial charge in [-0.1, -0.05) is 49.7 Å². The Kier molecular flexibility index (Phi) is 3.96. The average molecular weight is 308 g/mol. The molecule has 0 aliphatic carbocycles. The molecule has 0 unspecified atom stereocenters. The lowest BCUT2D eigenvalue weighted by atomic mass is 9.71. The van der Waals surface area contributed by atoms with Gasteiger partial charge in [-0.05, 0) is 42.0 Å². The molecule has 98 valence electrons. The van der Waals surface area contributed by atoms with Crippen LogP contribution >= 0.6 is 15.9 Å². The molecule has 0 fully saturated rings. The number of nitrogens with zero attached hydrogens (tertiary/aromatic N) is 1. The summed E-state index contributed by atoms with van der Waals surface area (Å²) in [4.78, 5) is 4.90. The summed E-state index contributed by atoms with van der Waals surface area (Å²) < 4.78 is 1.18. The van der Waals surface area contributed by atoms with Crippen LogP contribution < -0.4 is 0 Å². The molecular weight excluding hydrogens is 286 g/mol. The van der Waals surface area contributed by atoms with E-state index in [2.05, 4.69) is 61.8 Å². The van der Waals surface area contributed by atoms with E-state index in [1.165, 1.54) is 21.3 Å². The van der Waals surface area contributed by atoms with Gasteiger partial charge in [-0.3, -0.25) is 4.99 Å². The molecule has 2 rings (SSSR count).